The van der Waals surface area contributed by atoms with Gasteiger partial charge in [0.1, 0.15) is 5.69 Å². The summed E-state index contributed by atoms with van der Waals surface area (Å²) >= 11 is 0. The average Bonchev–Trinajstić information content (AvgIpc) is 2.29. The second-order valence-corrected chi connectivity index (χ2v) is 3.65. The topological polar surface area (TPSA) is 34.9 Å². The van der Waals surface area contributed by atoms with E-state index in [2.05, 4.69) is 18.9 Å². The van der Waals surface area contributed by atoms with Crippen LogP contribution in [0.25, 0.3) is 0 Å². The summed E-state index contributed by atoms with van der Waals surface area (Å²) in [5.74, 6) is 0.0417. The first kappa shape index (κ1) is 9.96. The van der Waals surface area contributed by atoms with E-state index in [0.29, 0.717) is 11.7 Å². The third-order valence-electron chi connectivity index (χ3n) is 2.27. The molecule has 1 aromatic rings. The van der Waals surface area contributed by atoms with E-state index in [9.17, 15) is 4.79 Å². The van der Waals surface area contributed by atoms with Gasteiger partial charge >= 0.3 is 0 Å². The van der Waals surface area contributed by atoms with Crippen LogP contribution in [0.1, 0.15) is 48.6 Å². The molecule has 0 unspecified atom stereocenters. The Morgan fingerprint density at radius 1 is 1.38 bits per heavy atom. The summed E-state index contributed by atoms with van der Waals surface area (Å²) in [4.78, 5) is 11.2. The van der Waals surface area contributed by atoms with Crippen molar-refractivity contribution in [2.75, 3.05) is 0 Å². The summed E-state index contributed by atoms with van der Waals surface area (Å²) in [5, 5.41) is 4.28. The highest BCUT2D eigenvalue weighted by Crippen LogP contribution is 2.16. The van der Waals surface area contributed by atoms with Crippen molar-refractivity contribution in [2.45, 2.75) is 40.7 Å². The van der Waals surface area contributed by atoms with E-state index in [1.807, 2.05) is 18.5 Å². The summed E-state index contributed by atoms with van der Waals surface area (Å²) in [6, 6.07) is 0.312. The molecule has 3 heteroatoms. The van der Waals surface area contributed by atoms with E-state index in [4.69, 9.17) is 0 Å². The Labute approximate surface area is 78.8 Å². The largest absolute Gasteiger partial charge is 0.293 e. The van der Waals surface area contributed by atoms with Gasteiger partial charge in [-0.05, 0) is 27.7 Å². The zero-order valence-electron chi connectivity index (χ0n) is 8.88. The Morgan fingerprint density at radius 3 is 2.15 bits per heavy atom. The minimum absolute atomic E-state index is 0.0417. The van der Waals surface area contributed by atoms with Crippen LogP contribution in [-0.2, 0) is 0 Å². The summed E-state index contributed by atoms with van der Waals surface area (Å²) < 4.78 is 1.89. The molecule has 0 N–H and O–H groups in total. The predicted molar refractivity (Wildman–Crippen MR) is 52.1 cm³/mol. The van der Waals surface area contributed by atoms with E-state index >= 15 is 0 Å². The molecule has 13 heavy (non-hydrogen) atoms. The molecule has 0 atom stereocenters. The third-order valence-corrected chi connectivity index (χ3v) is 2.27. The van der Waals surface area contributed by atoms with Gasteiger partial charge in [0.15, 0.2) is 5.78 Å². The van der Waals surface area contributed by atoms with Crippen LogP contribution in [0.15, 0.2) is 0 Å². The zero-order valence-corrected chi connectivity index (χ0v) is 8.88. The molecule has 72 valence electrons. The fourth-order valence-corrected chi connectivity index (χ4v) is 1.44. The molecule has 0 aliphatic carbocycles. The quantitative estimate of drug-likeness (QED) is 0.654. The van der Waals surface area contributed by atoms with E-state index in [0.717, 1.165) is 11.3 Å². The molecule has 0 aliphatic heterocycles. The first-order valence-corrected chi connectivity index (χ1v) is 4.51. The van der Waals surface area contributed by atoms with Crippen molar-refractivity contribution in [3.05, 3.63) is 17.0 Å². The highest BCUT2D eigenvalue weighted by atomic mass is 16.1. The molecular formula is C10H16N2O. The molecule has 0 aliphatic rings. The predicted octanol–water partition coefficient (Wildman–Crippen LogP) is 2.28. The standard InChI is InChI=1S/C10H16N2O/c1-6(2)12-8(4)7(3)10(11-12)9(5)13/h6H,1-5H3. The van der Waals surface area contributed by atoms with Gasteiger partial charge in [0, 0.05) is 24.2 Å². The molecule has 3 nitrogen and oxygen atoms in total. The lowest BCUT2D eigenvalue weighted by atomic mass is 10.2. The summed E-state index contributed by atoms with van der Waals surface area (Å²) in [6.07, 6.45) is 0. The molecule has 0 fully saturated rings. The SMILES string of the molecule is CC(=O)c1nn(C(C)C)c(C)c1C. The molecule has 0 saturated carbocycles. The zero-order chi connectivity index (χ0) is 10.2. The van der Waals surface area contributed by atoms with Crippen molar-refractivity contribution in [3.63, 3.8) is 0 Å². The van der Waals surface area contributed by atoms with E-state index in [-0.39, 0.29) is 5.78 Å². The van der Waals surface area contributed by atoms with Crippen LogP contribution in [-0.4, -0.2) is 15.6 Å². The molecule has 0 amide bonds. The summed E-state index contributed by atoms with van der Waals surface area (Å²) in [5.41, 5.74) is 2.69. The van der Waals surface area contributed by atoms with Crippen molar-refractivity contribution in [2.24, 2.45) is 0 Å². The van der Waals surface area contributed by atoms with Crippen LogP contribution >= 0.6 is 0 Å². The van der Waals surface area contributed by atoms with Gasteiger partial charge < -0.3 is 0 Å². The van der Waals surface area contributed by atoms with Crippen LogP contribution < -0.4 is 0 Å². The Morgan fingerprint density at radius 2 is 1.92 bits per heavy atom. The highest BCUT2D eigenvalue weighted by Gasteiger charge is 2.15. The smallest absolute Gasteiger partial charge is 0.180 e. The maximum absolute atomic E-state index is 11.2. The minimum Gasteiger partial charge on any atom is -0.293 e. The van der Waals surface area contributed by atoms with E-state index in [1.54, 1.807) is 6.92 Å². The van der Waals surface area contributed by atoms with Gasteiger partial charge in [-0.3, -0.25) is 9.48 Å². The first-order chi connectivity index (χ1) is 5.95. The van der Waals surface area contributed by atoms with Gasteiger partial charge in [0.05, 0.1) is 0 Å². The Bertz CT molecular complexity index is 337. The van der Waals surface area contributed by atoms with Gasteiger partial charge in [-0.15, -0.1) is 0 Å². The van der Waals surface area contributed by atoms with Gasteiger partial charge in [-0.2, -0.15) is 5.10 Å². The number of aromatic nitrogens is 2. The number of hydrogen-bond donors (Lipinski definition) is 0. The van der Waals surface area contributed by atoms with Crippen molar-refractivity contribution in [1.82, 2.24) is 9.78 Å². The number of Topliss-reactive ketones (excluding diaryl/α,β-unsaturated/α-hetero) is 1. The molecule has 1 rings (SSSR count). The molecular weight excluding hydrogens is 164 g/mol. The molecule has 1 heterocycles. The molecule has 0 bridgehead atoms. The molecule has 0 saturated heterocycles. The first-order valence-electron chi connectivity index (χ1n) is 4.51. The molecule has 1 aromatic heterocycles. The molecule has 0 radical (unpaired) electrons. The Kier molecular flexibility index (Phi) is 2.55. The van der Waals surface area contributed by atoms with Crippen molar-refractivity contribution in [3.8, 4) is 0 Å². The number of carbonyl (C=O) groups excluding carboxylic acids is 1. The molecule has 0 aromatic carbocycles. The third kappa shape index (κ3) is 1.64. The lowest BCUT2D eigenvalue weighted by Gasteiger charge is -2.07. The minimum atomic E-state index is 0.0417. The number of carbonyl (C=O) groups is 1. The van der Waals surface area contributed by atoms with Crippen molar-refractivity contribution >= 4 is 5.78 Å². The molecule has 0 spiro atoms. The van der Waals surface area contributed by atoms with Crippen molar-refractivity contribution < 1.29 is 4.79 Å². The van der Waals surface area contributed by atoms with Crippen LogP contribution in [0.4, 0.5) is 0 Å². The number of rotatable bonds is 2. The van der Waals surface area contributed by atoms with Crippen LogP contribution in [0, 0.1) is 13.8 Å². The van der Waals surface area contributed by atoms with Gasteiger partial charge in [0.2, 0.25) is 0 Å². The summed E-state index contributed by atoms with van der Waals surface area (Å²) in [7, 11) is 0. The van der Waals surface area contributed by atoms with Crippen LogP contribution in [0.3, 0.4) is 0 Å². The second-order valence-electron chi connectivity index (χ2n) is 3.65. The lowest BCUT2D eigenvalue weighted by Crippen LogP contribution is -2.05. The van der Waals surface area contributed by atoms with Gasteiger partial charge in [0.25, 0.3) is 0 Å². The maximum atomic E-state index is 11.2. The van der Waals surface area contributed by atoms with E-state index in [1.165, 1.54) is 0 Å². The normalized spacial score (nSPS) is 10.9. The number of ketones is 1. The fraction of sp³-hybridized carbons (Fsp3) is 0.600. The number of nitrogens with zero attached hydrogens (tertiary/aromatic N) is 2. The van der Waals surface area contributed by atoms with Crippen LogP contribution in [0.5, 0.6) is 0 Å². The van der Waals surface area contributed by atoms with E-state index < -0.39 is 0 Å². The van der Waals surface area contributed by atoms with Gasteiger partial charge in [-0.1, -0.05) is 0 Å². The van der Waals surface area contributed by atoms with Crippen molar-refractivity contribution in [1.29, 1.82) is 0 Å². The monoisotopic (exact) mass is 180 g/mol. The second kappa shape index (κ2) is 3.32. The number of hydrogen-bond acceptors (Lipinski definition) is 2. The fourth-order valence-electron chi connectivity index (χ4n) is 1.44. The Balaban J connectivity index is 3.28. The average molecular weight is 180 g/mol. The summed E-state index contributed by atoms with van der Waals surface area (Å²) in [6.45, 7) is 9.61. The highest BCUT2D eigenvalue weighted by molar-refractivity contribution is 5.93. The van der Waals surface area contributed by atoms with Crippen LogP contribution in [0.2, 0.25) is 0 Å². The van der Waals surface area contributed by atoms with Gasteiger partial charge in [-0.25, -0.2) is 0 Å². The Hall–Kier alpha value is -1.12. The lowest BCUT2D eigenvalue weighted by molar-refractivity contribution is 0.101. The maximum Gasteiger partial charge on any atom is 0.180 e.